The van der Waals surface area contributed by atoms with Crippen molar-refractivity contribution in [2.45, 2.75) is 26.8 Å². The Morgan fingerprint density at radius 2 is 1.81 bits per heavy atom. The normalized spacial score (nSPS) is 12.7. The molecule has 1 amide bonds. The molecule has 1 aromatic heterocycles. The number of nitrogens with one attached hydrogen (secondary N) is 2. The van der Waals surface area contributed by atoms with Crippen molar-refractivity contribution in [3.8, 4) is 0 Å². The minimum absolute atomic E-state index is 0.288. The van der Waals surface area contributed by atoms with E-state index in [4.69, 9.17) is 4.42 Å². The smallest absolute Gasteiger partial charge is 0.287 e. The van der Waals surface area contributed by atoms with Gasteiger partial charge in [0, 0.05) is 16.6 Å². The molecule has 2 aromatic carbocycles. The monoisotopic (exact) mass is 386 g/mol. The molecule has 1 heterocycles. The number of amides is 1. The van der Waals surface area contributed by atoms with Gasteiger partial charge in [0.15, 0.2) is 5.76 Å². The van der Waals surface area contributed by atoms with E-state index < -0.39 is 10.0 Å². The summed E-state index contributed by atoms with van der Waals surface area (Å²) in [5, 5.41) is 3.84. The summed E-state index contributed by atoms with van der Waals surface area (Å²) in [6.45, 7) is 5.64. The summed E-state index contributed by atoms with van der Waals surface area (Å²) in [6, 6.07) is 12.4. The fraction of sp³-hybridized carbons (Fsp3) is 0.250. The van der Waals surface area contributed by atoms with Gasteiger partial charge in [-0.25, -0.2) is 8.42 Å². The highest BCUT2D eigenvalue weighted by molar-refractivity contribution is 7.92. The molecule has 2 N–H and O–H groups in total. The third-order valence-electron chi connectivity index (χ3n) is 4.40. The summed E-state index contributed by atoms with van der Waals surface area (Å²) in [5.74, 6) is -0.0198. The summed E-state index contributed by atoms with van der Waals surface area (Å²) >= 11 is 0. The molecule has 0 bridgehead atoms. The van der Waals surface area contributed by atoms with Crippen LogP contribution in [0, 0.1) is 13.8 Å². The molecule has 27 heavy (non-hydrogen) atoms. The number of furan rings is 1. The third kappa shape index (κ3) is 4.14. The highest BCUT2D eigenvalue weighted by atomic mass is 32.2. The zero-order valence-electron chi connectivity index (χ0n) is 15.7. The molecule has 0 saturated heterocycles. The molecule has 6 nitrogen and oxygen atoms in total. The lowest BCUT2D eigenvalue weighted by Crippen LogP contribution is -2.26. The fourth-order valence-corrected chi connectivity index (χ4v) is 3.59. The second-order valence-electron chi connectivity index (χ2n) is 6.70. The Morgan fingerprint density at radius 1 is 1.11 bits per heavy atom. The van der Waals surface area contributed by atoms with Gasteiger partial charge in [-0.1, -0.05) is 30.3 Å². The van der Waals surface area contributed by atoms with E-state index in [2.05, 4.69) is 10.0 Å². The molecule has 0 aliphatic carbocycles. The van der Waals surface area contributed by atoms with Gasteiger partial charge in [0.1, 0.15) is 5.58 Å². The van der Waals surface area contributed by atoms with E-state index in [-0.39, 0.29) is 17.7 Å². The van der Waals surface area contributed by atoms with Crippen LogP contribution < -0.4 is 10.0 Å². The Kier molecular flexibility index (Phi) is 4.97. The number of rotatable bonds is 5. The molecule has 0 radical (unpaired) electrons. The topological polar surface area (TPSA) is 88.4 Å². The van der Waals surface area contributed by atoms with Crippen LogP contribution in [0.2, 0.25) is 0 Å². The molecule has 0 saturated carbocycles. The van der Waals surface area contributed by atoms with Crippen molar-refractivity contribution in [2.75, 3.05) is 11.0 Å². The first-order chi connectivity index (χ1) is 12.7. The number of aryl methyl sites for hydroxylation is 2. The van der Waals surface area contributed by atoms with Crippen molar-refractivity contribution < 1.29 is 17.6 Å². The minimum Gasteiger partial charge on any atom is -0.450 e. The molecule has 0 aliphatic heterocycles. The predicted molar refractivity (Wildman–Crippen MR) is 106 cm³/mol. The average Bonchev–Trinajstić information content (AvgIpc) is 2.92. The van der Waals surface area contributed by atoms with Gasteiger partial charge in [-0.15, -0.1) is 0 Å². The number of hydrogen-bond acceptors (Lipinski definition) is 4. The van der Waals surface area contributed by atoms with Gasteiger partial charge in [-0.2, -0.15) is 0 Å². The number of benzene rings is 2. The molecule has 0 spiro atoms. The summed E-state index contributed by atoms with van der Waals surface area (Å²) < 4.78 is 31.1. The Hall–Kier alpha value is -2.80. The average molecular weight is 386 g/mol. The second-order valence-corrected chi connectivity index (χ2v) is 8.45. The molecule has 7 heteroatoms. The Bertz CT molecular complexity index is 1120. The molecular weight excluding hydrogens is 364 g/mol. The van der Waals surface area contributed by atoms with Crippen LogP contribution in [0.25, 0.3) is 11.0 Å². The fourth-order valence-electron chi connectivity index (χ4n) is 3.03. The van der Waals surface area contributed by atoms with Crippen LogP contribution in [0.3, 0.4) is 0 Å². The molecule has 1 atom stereocenters. The number of carbonyl (C=O) groups excluding carboxylic acids is 1. The number of fused-ring (bicyclic) bond motifs is 1. The molecule has 1 unspecified atom stereocenters. The van der Waals surface area contributed by atoms with E-state index in [1.54, 1.807) is 18.2 Å². The Balaban J connectivity index is 1.83. The van der Waals surface area contributed by atoms with Crippen LogP contribution in [-0.2, 0) is 10.0 Å². The van der Waals surface area contributed by atoms with Crippen molar-refractivity contribution in [3.05, 3.63) is 64.9 Å². The molecular formula is C20H22N2O4S. The lowest BCUT2D eigenvalue weighted by molar-refractivity contribution is 0.0913. The Labute approximate surface area is 158 Å². The number of carbonyl (C=O) groups is 1. The van der Waals surface area contributed by atoms with Crippen molar-refractivity contribution in [2.24, 2.45) is 0 Å². The van der Waals surface area contributed by atoms with Crippen LogP contribution in [0.1, 0.15) is 40.2 Å². The van der Waals surface area contributed by atoms with Crippen molar-refractivity contribution >= 4 is 32.6 Å². The number of para-hydroxylation sites is 1. The summed E-state index contributed by atoms with van der Waals surface area (Å²) in [4.78, 5) is 12.7. The quantitative estimate of drug-likeness (QED) is 0.696. The van der Waals surface area contributed by atoms with Gasteiger partial charge < -0.3 is 9.73 Å². The zero-order valence-corrected chi connectivity index (χ0v) is 16.5. The highest BCUT2D eigenvalue weighted by Crippen LogP contribution is 2.28. The summed E-state index contributed by atoms with van der Waals surface area (Å²) in [5.41, 5.74) is 3.72. The summed E-state index contributed by atoms with van der Waals surface area (Å²) in [7, 11) is -3.36. The predicted octanol–water partition coefficient (Wildman–Crippen LogP) is 3.91. The number of hydrogen-bond donors (Lipinski definition) is 2. The van der Waals surface area contributed by atoms with Crippen LogP contribution in [0.15, 0.2) is 46.9 Å². The largest absolute Gasteiger partial charge is 0.450 e. The van der Waals surface area contributed by atoms with Crippen LogP contribution >= 0.6 is 0 Å². The maximum absolute atomic E-state index is 12.7. The van der Waals surface area contributed by atoms with E-state index in [0.29, 0.717) is 11.3 Å². The molecule has 0 aliphatic rings. The molecule has 142 valence electrons. The highest BCUT2D eigenvalue weighted by Gasteiger charge is 2.20. The van der Waals surface area contributed by atoms with Gasteiger partial charge in [0.05, 0.1) is 12.3 Å². The summed E-state index contributed by atoms with van der Waals surface area (Å²) in [6.07, 6.45) is 1.09. The molecule has 3 aromatic rings. The lowest BCUT2D eigenvalue weighted by Gasteiger charge is -2.15. The van der Waals surface area contributed by atoms with Crippen LogP contribution in [0.4, 0.5) is 5.69 Å². The molecule has 0 fully saturated rings. The van der Waals surface area contributed by atoms with Gasteiger partial charge >= 0.3 is 0 Å². The van der Waals surface area contributed by atoms with E-state index in [0.717, 1.165) is 28.3 Å². The van der Waals surface area contributed by atoms with Crippen molar-refractivity contribution in [1.82, 2.24) is 5.32 Å². The standard InChI is InChI=1S/C20H22N2O4S/c1-12-7-5-10-17-13(2)19(26-18(12)17)20(23)21-14(3)15-8-6-9-16(11-15)22-27(4,24)25/h5-11,14,22H,1-4H3,(H,21,23). The van der Waals surface area contributed by atoms with Crippen molar-refractivity contribution in [1.29, 1.82) is 0 Å². The van der Waals surface area contributed by atoms with Crippen LogP contribution in [-0.4, -0.2) is 20.6 Å². The SMILES string of the molecule is Cc1c(C(=O)NC(C)c2cccc(NS(C)(=O)=O)c2)oc2c(C)cccc12. The number of sulfonamides is 1. The third-order valence-corrected chi connectivity index (χ3v) is 5.01. The van der Waals surface area contributed by atoms with E-state index in [1.807, 2.05) is 45.0 Å². The lowest BCUT2D eigenvalue weighted by atomic mass is 10.1. The maximum Gasteiger partial charge on any atom is 0.287 e. The molecule has 3 rings (SSSR count). The second kappa shape index (κ2) is 7.08. The first-order valence-corrected chi connectivity index (χ1v) is 10.4. The van der Waals surface area contributed by atoms with Crippen LogP contribution in [0.5, 0.6) is 0 Å². The zero-order chi connectivity index (χ0) is 19.8. The first kappa shape index (κ1) is 19.0. The van der Waals surface area contributed by atoms with Gasteiger partial charge in [-0.3, -0.25) is 9.52 Å². The minimum atomic E-state index is -3.36. The number of anilines is 1. The van der Waals surface area contributed by atoms with Gasteiger partial charge in [0.25, 0.3) is 5.91 Å². The van der Waals surface area contributed by atoms with Gasteiger partial charge in [-0.05, 0) is 44.0 Å². The first-order valence-electron chi connectivity index (χ1n) is 8.53. The maximum atomic E-state index is 12.7. The van der Waals surface area contributed by atoms with Crippen molar-refractivity contribution in [3.63, 3.8) is 0 Å². The Morgan fingerprint density at radius 3 is 2.48 bits per heavy atom. The van der Waals surface area contributed by atoms with E-state index >= 15 is 0 Å². The van der Waals surface area contributed by atoms with Gasteiger partial charge in [0.2, 0.25) is 10.0 Å². The van der Waals surface area contributed by atoms with E-state index in [9.17, 15) is 13.2 Å². The van der Waals surface area contributed by atoms with E-state index in [1.165, 1.54) is 0 Å².